The topological polar surface area (TPSA) is 51.6 Å². The van der Waals surface area contributed by atoms with Gasteiger partial charge in [0, 0.05) is 31.6 Å². The van der Waals surface area contributed by atoms with E-state index < -0.39 is 0 Å². The van der Waals surface area contributed by atoms with Gasteiger partial charge in [-0.2, -0.15) is 0 Å². The highest BCUT2D eigenvalue weighted by Crippen LogP contribution is 2.32. The Kier molecular flexibility index (Phi) is 6.24. The highest BCUT2D eigenvalue weighted by molar-refractivity contribution is 5.80. The second-order valence-electron chi connectivity index (χ2n) is 5.89. The van der Waals surface area contributed by atoms with Gasteiger partial charge in [-0.3, -0.25) is 0 Å². The summed E-state index contributed by atoms with van der Waals surface area (Å²) in [6.45, 7) is 2.91. The van der Waals surface area contributed by atoms with Crippen LogP contribution in [0.2, 0.25) is 0 Å². The van der Waals surface area contributed by atoms with E-state index in [4.69, 9.17) is 14.5 Å². The minimum absolute atomic E-state index is 0.720. The predicted octanol–water partition coefficient (Wildman–Crippen LogP) is 1.77. The van der Waals surface area contributed by atoms with Crippen molar-refractivity contribution in [1.29, 1.82) is 0 Å². The van der Waals surface area contributed by atoms with Crippen LogP contribution in [0.5, 0.6) is 11.5 Å². The van der Waals surface area contributed by atoms with Gasteiger partial charge in [-0.25, -0.2) is 4.98 Å². The number of aromatic nitrogens is 2. The lowest BCUT2D eigenvalue weighted by Gasteiger charge is -2.13. The Balaban J connectivity index is 2.40. The van der Waals surface area contributed by atoms with Crippen LogP contribution < -0.4 is 14.8 Å². The van der Waals surface area contributed by atoms with E-state index in [1.54, 1.807) is 14.2 Å². The number of fused-ring (bicyclic) bond motifs is 1. The molecule has 0 bridgehead atoms. The number of nitrogens with zero attached hydrogens (tertiary/aromatic N) is 3. The predicted molar refractivity (Wildman–Crippen MR) is 93.6 cm³/mol. The van der Waals surface area contributed by atoms with E-state index in [0.717, 1.165) is 60.8 Å². The molecule has 2 aromatic rings. The summed E-state index contributed by atoms with van der Waals surface area (Å²) in [5.41, 5.74) is 2.06. The molecule has 6 nitrogen and oxygen atoms in total. The zero-order valence-electron chi connectivity index (χ0n) is 14.8. The third-order valence-electron chi connectivity index (χ3n) is 3.92. The molecule has 0 aliphatic heterocycles. The van der Waals surface area contributed by atoms with Gasteiger partial charge < -0.3 is 24.3 Å². The lowest BCUT2D eigenvalue weighted by molar-refractivity contribution is 0.355. The first-order valence-electron chi connectivity index (χ1n) is 8.01. The molecule has 1 aromatic carbocycles. The van der Waals surface area contributed by atoms with Crippen molar-refractivity contribution in [3.05, 3.63) is 18.0 Å². The Morgan fingerprint density at radius 1 is 1.17 bits per heavy atom. The van der Waals surface area contributed by atoms with Crippen LogP contribution in [0.4, 0.5) is 0 Å². The molecule has 128 valence electrons. The molecular weight excluding hydrogens is 292 g/mol. The molecule has 0 saturated heterocycles. The summed E-state index contributed by atoms with van der Waals surface area (Å²) in [6, 6.07) is 3.99. The van der Waals surface area contributed by atoms with Gasteiger partial charge in [0.1, 0.15) is 5.82 Å². The lowest BCUT2D eigenvalue weighted by Crippen LogP contribution is -2.17. The van der Waals surface area contributed by atoms with E-state index in [9.17, 15) is 0 Å². The Morgan fingerprint density at radius 3 is 2.48 bits per heavy atom. The Morgan fingerprint density at radius 2 is 1.87 bits per heavy atom. The van der Waals surface area contributed by atoms with E-state index in [0.29, 0.717) is 0 Å². The minimum Gasteiger partial charge on any atom is -0.493 e. The van der Waals surface area contributed by atoms with Crippen molar-refractivity contribution < 1.29 is 9.47 Å². The molecule has 6 heteroatoms. The summed E-state index contributed by atoms with van der Waals surface area (Å²) >= 11 is 0. The quantitative estimate of drug-likeness (QED) is 0.763. The standard InChI is InChI=1S/C17H28N4O2/c1-18-8-7-17-19-13-11-15(22-4)16(23-5)12-14(13)21(17)10-6-9-20(2)3/h11-12,18H,6-10H2,1-5H3. The molecule has 2 rings (SSSR count). The number of rotatable bonds is 9. The first-order chi connectivity index (χ1) is 11.1. The van der Waals surface area contributed by atoms with E-state index >= 15 is 0 Å². The largest absolute Gasteiger partial charge is 0.493 e. The van der Waals surface area contributed by atoms with Crippen molar-refractivity contribution in [1.82, 2.24) is 19.8 Å². The number of nitrogens with one attached hydrogen (secondary N) is 1. The Labute approximate surface area is 138 Å². The van der Waals surface area contributed by atoms with Crippen LogP contribution in [-0.4, -0.2) is 62.9 Å². The SMILES string of the molecule is CNCCc1nc2cc(OC)c(OC)cc2n1CCCN(C)C. The second-order valence-corrected chi connectivity index (χ2v) is 5.89. The number of likely N-dealkylation sites (N-methyl/N-ethyl adjacent to an activating group) is 1. The number of ether oxygens (including phenoxy) is 2. The molecule has 0 fully saturated rings. The molecule has 0 aliphatic rings. The van der Waals surface area contributed by atoms with E-state index in [2.05, 4.69) is 28.9 Å². The first-order valence-corrected chi connectivity index (χ1v) is 8.01. The van der Waals surface area contributed by atoms with Crippen molar-refractivity contribution >= 4 is 11.0 Å². The molecule has 23 heavy (non-hydrogen) atoms. The summed E-state index contributed by atoms with van der Waals surface area (Å²) < 4.78 is 13.1. The van der Waals surface area contributed by atoms with Crippen molar-refractivity contribution in [2.24, 2.45) is 0 Å². The van der Waals surface area contributed by atoms with E-state index in [1.165, 1.54) is 0 Å². The van der Waals surface area contributed by atoms with Gasteiger partial charge in [-0.05, 0) is 34.1 Å². The fourth-order valence-electron chi connectivity index (χ4n) is 2.72. The van der Waals surface area contributed by atoms with Crippen molar-refractivity contribution in [2.45, 2.75) is 19.4 Å². The van der Waals surface area contributed by atoms with Crippen LogP contribution in [0, 0.1) is 0 Å². The van der Waals surface area contributed by atoms with Crippen molar-refractivity contribution in [2.75, 3.05) is 48.5 Å². The zero-order chi connectivity index (χ0) is 16.8. The van der Waals surface area contributed by atoms with Crippen LogP contribution >= 0.6 is 0 Å². The third kappa shape index (κ3) is 4.14. The van der Waals surface area contributed by atoms with Crippen LogP contribution in [0.3, 0.4) is 0 Å². The number of hydrogen-bond donors (Lipinski definition) is 1. The molecule has 0 spiro atoms. The van der Waals surface area contributed by atoms with Gasteiger partial charge in [0.2, 0.25) is 0 Å². The maximum absolute atomic E-state index is 5.45. The van der Waals surface area contributed by atoms with Crippen LogP contribution in [-0.2, 0) is 13.0 Å². The maximum atomic E-state index is 5.45. The molecule has 0 radical (unpaired) electrons. The third-order valence-corrected chi connectivity index (χ3v) is 3.92. The summed E-state index contributed by atoms with van der Waals surface area (Å²) in [5, 5.41) is 3.20. The average molecular weight is 320 g/mol. The normalized spacial score (nSPS) is 11.4. The number of methoxy groups -OCH3 is 2. The monoisotopic (exact) mass is 320 g/mol. The van der Waals surface area contributed by atoms with Gasteiger partial charge in [0.25, 0.3) is 0 Å². The second kappa shape index (κ2) is 8.17. The summed E-state index contributed by atoms with van der Waals surface area (Å²) in [4.78, 5) is 7.01. The number of aryl methyl sites for hydroxylation is 1. The summed E-state index contributed by atoms with van der Waals surface area (Å²) in [5.74, 6) is 2.57. The molecule has 1 aromatic heterocycles. The van der Waals surface area contributed by atoms with Crippen molar-refractivity contribution in [3.8, 4) is 11.5 Å². The zero-order valence-corrected chi connectivity index (χ0v) is 14.8. The molecule has 0 aliphatic carbocycles. The number of hydrogen-bond acceptors (Lipinski definition) is 5. The molecule has 0 atom stereocenters. The van der Waals surface area contributed by atoms with Crippen LogP contribution in [0.15, 0.2) is 12.1 Å². The van der Waals surface area contributed by atoms with Gasteiger partial charge in [-0.15, -0.1) is 0 Å². The lowest BCUT2D eigenvalue weighted by atomic mass is 10.2. The summed E-state index contributed by atoms with van der Waals surface area (Å²) in [6.07, 6.45) is 1.98. The fraction of sp³-hybridized carbons (Fsp3) is 0.588. The molecule has 0 amide bonds. The molecule has 0 unspecified atom stereocenters. The van der Waals surface area contributed by atoms with Gasteiger partial charge in [0.05, 0.1) is 25.3 Å². The fourth-order valence-corrected chi connectivity index (χ4v) is 2.72. The van der Waals surface area contributed by atoms with Crippen molar-refractivity contribution in [3.63, 3.8) is 0 Å². The van der Waals surface area contributed by atoms with Gasteiger partial charge >= 0.3 is 0 Å². The molecule has 0 saturated carbocycles. The first kappa shape index (κ1) is 17.6. The average Bonchev–Trinajstić information content (AvgIpc) is 2.88. The summed E-state index contributed by atoms with van der Waals surface area (Å²) in [7, 11) is 9.48. The minimum atomic E-state index is 0.720. The van der Waals surface area contributed by atoms with Gasteiger partial charge in [-0.1, -0.05) is 0 Å². The van der Waals surface area contributed by atoms with Crippen LogP contribution in [0.25, 0.3) is 11.0 Å². The van der Waals surface area contributed by atoms with Gasteiger partial charge in [0.15, 0.2) is 11.5 Å². The molecule has 1 heterocycles. The number of imidazole rings is 1. The highest BCUT2D eigenvalue weighted by atomic mass is 16.5. The van der Waals surface area contributed by atoms with Crippen LogP contribution in [0.1, 0.15) is 12.2 Å². The maximum Gasteiger partial charge on any atom is 0.163 e. The molecular formula is C17H28N4O2. The smallest absolute Gasteiger partial charge is 0.163 e. The Hall–Kier alpha value is -1.79. The molecule has 1 N–H and O–H groups in total. The van der Waals surface area contributed by atoms with E-state index in [-0.39, 0.29) is 0 Å². The van der Waals surface area contributed by atoms with E-state index in [1.807, 2.05) is 19.2 Å². The highest BCUT2D eigenvalue weighted by Gasteiger charge is 2.14. The Bertz CT molecular complexity index is 637. The number of benzene rings is 1.